The van der Waals surface area contributed by atoms with Crippen LogP contribution in [0.1, 0.15) is 46.5 Å². The van der Waals surface area contributed by atoms with E-state index < -0.39 is 0 Å². The van der Waals surface area contributed by atoms with E-state index >= 15 is 0 Å². The van der Waals surface area contributed by atoms with Gasteiger partial charge >= 0.3 is 0 Å². The van der Waals surface area contributed by atoms with E-state index in [1.165, 1.54) is 12.8 Å². The molecule has 1 saturated carbocycles. The van der Waals surface area contributed by atoms with Crippen molar-refractivity contribution in [2.75, 3.05) is 6.54 Å². The molecule has 1 aliphatic rings. The Hall–Kier alpha value is -0.730. The monoisotopic (exact) mass is 295 g/mol. The summed E-state index contributed by atoms with van der Waals surface area (Å²) in [6, 6.07) is 8.10. The number of halogens is 1. The van der Waals surface area contributed by atoms with Crippen molar-refractivity contribution >= 4 is 11.6 Å². The molecule has 112 valence electrons. The average molecular weight is 296 g/mol. The summed E-state index contributed by atoms with van der Waals surface area (Å²) in [7, 11) is 0. The standard InChI is InChI=1S/C17H26ClNO/c1-4-12-19-16-15(6-5-11-17(16,2)3)20-14-9-7-13(18)8-10-14/h7-10,15-16,19H,4-6,11-12H2,1-3H3. The first-order valence-electron chi connectivity index (χ1n) is 7.68. The normalized spacial score (nSPS) is 25.4. The Morgan fingerprint density at radius 2 is 2.00 bits per heavy atom. The fourth-order valence-corrected chi connectivity index (χ4v) is 3.23. The van der Waals surface area contributed by atoms with Crippen molar-refractivity contribution in [3.8, 4) is 5.75 Å². The van der Waals surface area contributed by atoms with Crippen molar-refractivity contribution in [3.63, 3.8) is 0 Å². The van der Waals surface area contributed by atoms with Crippen LogP contribution in [-0.4, -0.2) is 18.7 Å². The third kappa shape index (κ3) is 3.89. The van der Waals surface area contributed by atoms with Gasteiger partial charge < -0.3 is 10.1 Å². The molecule has 2 unspecified atom stereocenters. The molecular formula is C17H26ClNO. The number of rotatable bonds is 5. The fraction of sp³-hybridized carbons (Fsp3) is 0.647. The van der Waals surface area contributed by atoms with E-state index in [-0.39, 0.29) is 11.5 Å². The number of ether oxygens (including phenoxy) is 1. The third-order valence-electron chi connectivity index (χ3n) is 4.24. The van der Waals surface area contributed by atoms with Crippen LogP contribution in [0.2, 0.25) is 5.02 Å². The molecule has 1 aromatic carbocycles. The van der Waals surface area contributed by atoms with Crippen LogP contribution in [0, 0.1) is 5.41 Å². The molecule has 2 rings (SSSR count). The lowest BCUT2D eigenvalue weighted by Gasteiger charge is -2.44. The SMILES string of the molecule is CCCNC1C(Oc2ccc(Cl)cc2)CCCC1(C)C. The first kappa shape index (κ1) is 15.7. The van der Waals surface area contributed by atoms with Gasteiger partial charge in [-0.3, -0.25) is 0 Å². The number of benzene rings is 1. The topological polar surface area (TPSA) is 21.3 Å². The van der Waals surface area contributed by atoms with Gasteiger partial charge in [0.1, 0.15) is 11.9 Å². The zero-order valence-electron chi connectivity index (χ0n) is 12.8. The highest BCUT2D eigenvalue weighted by Gasteiger charge is 2.39. The molecular weight excluding hydrogens is 270 g/mol. The highest BCUT2D eigenvalue weighted by atomic mass is 35.5. The molecule has 0 amide bonds. The van der Waals surface area contributed by atoms with E-state index in [9.17, 15) is 0 Å². The van der Waals surface area contributed by atoms with Crippen LogP contribution in [0.3, 0.4) is 0 Å². The molecule has 0 aliphatic heterocycles. The molecule has 2 nitrogen and oxygen atoms in total. The molecule has 0 radical (unpaired) electrons. The molecule has 1 aromatic rings. The molecule has 0 heterocycles. The summed E-state index contributed by atoms with van der Waals surface area (Å²) >= 11 is 5.93. The quantitative estimate of drug-likeness (QED) is 0.852. The predicted molar refractivity (Wildman–Crippen MR) is 85.6 cm³/mol. The molecule has 2 atom stereocenters. The van der Waals surface area contributed by atoms with E-state index in [0.717, 1.165) is 30.2 Å². The maximum atomic E-state index is 6.23. The Bertz CT molecular complexity index is 416. The van der Waals surface area contributed by atoms with Crippen molar-refractivity contribution in [1.29, 1.82) is 0 Å². The largest absolute Gasteiger partial charge is 0.489 e. The molecule has 1 N–H and O–H groups in total. The second kappa shape index (κ2) is 6.82. The van der Waals surface area contributed by atoms with Crippen molar-refractivity contribution in [3.05, 3.63) is 29.3 Å². The minimum atomic E-state index is 0.242. The Balaban J connectivity index is 2.08. The van der Waals surface area contributed by atoms with Gasteiger partial charge in [-0.2, -0.15) is 0 Å². The second-order valence-corrected chi connectivity index (χ2v) is 6.86. The average Bonchev–Trinajstić information content (AvgIpc) is 2.40. The van der Waals surface area contributed by atoms with Crippen molar-refractivity contribution in [2.45, 2.75) is 58.6 Å². The van der Waals surface area contributed by atoms with E-state index in [1.54, 1.807) is 0 Å². The van der Waals surface area contributed by atoms with Crippen molar-refractivity contribution in [2.24, 2.45) is 5.41 Å². The Kier molecular flexibility index (Phi) is 5.34. The zero-order valence-corrected chi connectivity index (χ0v) is 13.5. The van der Waals surface area contributed by atoms with Crippen LogP contribution in [0.5, 0.6) is 5.75 Å². The molecule has 0 bridgehead atoms. The fourth-order valence-electron chi connectivity index (χ4n) is 3.11. The van der Waals surface area contributed by atoms with Crippen LogP contribution in [-0.2, 0) is 0 Å². The van der Waals surface area contributed by atoms with Crippen LogP contribution in [0.4, 0.5) is 0 Å². The lowest BCUT2D eigenvalue weighted by molar-refractivity contribution is 0.0365. The summed E-state index contributed by atoms with van der Waals surface area (Å²) in [6.07, 6.45) is 5.00. The maximum absolute atomic E-state index is 6.23. The Morgan fingerprint density at radius 3 is 2.65 bits per heavy atom. The summed E-state index contributed by atoms with van der Waals surface area (Å²) in [4.78, 5) is 0. The van der Waals surface area contributed by atoms with Crippen molar-refractivity contribution in [1.82, 2.24) is 5.32 Å². The van der Waals surface area contributed by atoms with Crippen molar-refractivity contribution < 1.29 is 4.74 Å². The van der Waals surface area contributed by atoms with Gasteiger partial charge in [-0.05, 0) is 61.9 Å². The van der Waals surface area contributed by atoms with E-state index in [2.05, 4.69) is 26.1 Å². The lowest BCUT2D eigenvalue weighted by atomic mass is 9.71. The molecule has 0 spiro atoms. The maximum Gasteiger partial charge on any atom is 0.119 e. The van der Waals surface area contributed by atoms with Gasteiger partial charge in [0.25, 0.3) is 0 Å². The highest BCUT2D eigenvalue weighted by Crippen LogP contribution is 2.37. The van der Waals surface area contributed by atoms with Crippen LogP contribution in [0.25, 0.3) is 0 Å². The summed E-state index contributed by atoms with van der Waals surface area (Å²) in [5, 5.41) is 4.44. The van der Waals surface area contributed by atoms with Gasteiger partial charge in [0.2, 0.25) is 0 Å². The van der Waals surface area contributed by atoms with E-state index in [0.29, 0.717) is 6.04 Å². The molecule has 1 fully saturated rings. The highest BCUT2D eigenvalue weighted by molar-refractivity contribution is 6.30. The van der Waals surface area contributed by atoms with E-state index in [4.69, 9.17) is 16.3 Å². The number of nitrogens with one attached hydrogen (secondary N) is 1. The van der Waals surface area contributed by atoms with Gasteiger partial charge in [-0.25, -0.2) is 0 Å². The Morgan fingerprint density at radius 1 is 1.30 bits per heavy atom. The minimum absolute atomic E-state index is 0.242. The molecule has 0 saturated heterocycles. The zero-order chi connectivity index (χ0) is 14.6. The lowest BCUT2D eigenvalue weighted by Crippen LogP contribution is -2.54. The molecule has 1 aliphatic carbocycles. The first-order valence-corrected chi connectivity index (χ1v) is 8.06. The van der Waals surface area contributed by atoms with Gasteiger partial charge in [0.05, 0.1) is 0 Å². The van der Waals surface area contributed by atoms with Gasteiger partial charge in [0.15, 0.2) is 0 Å². The van der Waals surface area contributed by atoms with E-state index in [1.807, 2.05) is 24.3 Å². The molecule has 3 heteroatoms. The first-order chi connectivity index (χ1) is 9.53. The number of hydrogen-bond acceptors (Lipinski definition) is 2. The third-order valence-corrected chi connectivity index (χ3v) is 4.49. The molecule has 0 aromatic heterocycles. The van der Waals surface area contributed by atoms with Gasteiger partial charge in [-0.1, -0.05) is 32.4 Å². The smallest absolute Gasteiger partial charge is 0.119 e. The van der Waals surface area contributed by atoms with Gasteiger partial charge in [0, 0.05) is 11.1 Å². The summed E-state index contributed by atoms with van der Waals surface area (Å²) < 4.78 is 6.23. The van der Waals surface area contributed by atoms with Crippen LogP contribution >= 0.6 is 11.6 Å². The summed E-state index contributed by atoms with van der Waals surface area (Å²) in [6.45, 7) is 7.95. The molecule has 20 heavy (non-hydrogen) atoms. The minimum Gasteiger partial charge on any atom is -0.489 e. The van der Waals surface area contributed by atoms with Crippen LogP contribution in [0.15, 0.2) is 24.3 Å². The Labute approximate surface area is 127 Å². The summed E-state index contributed by atoms with van der Waals surface area (Å²) in [5.74, 6) is 0.917. The second-order valence-electron chi connectivity index (χ2n) is 6.42. The van der Waals surface area contributed by atoms with Gasteiger partial charge in [-0.15, -0.1) is 0 Å². The van der Waals surface area contributed by atoms with Crippen LogP contribution < -0.4 is 10.1 Å². The predicted octanol–water partition coefficient (Wildman–Crippen LogP) is 4.67. The number of hydrogen-bond donors (Lipinski definition) is 1. The summed E-state index contributed by atoms with van der Waals surface area (Å²) in [5.41, 5.74) is 0.282.